The minimum atomic E-state index is -0.00991. The zero-order chi connectivity index (χ0) is 13.0. The summed E-state index contributed by atoms with van der Waals surface area (Å²) in [6.07, 6.45) is 2.98. The third-order valence-electron chi connectivity index (χ3n) is 3.52. The fourth-order valence-corrected chi connectivity index (χ4v) is 3.35. The van der Waals surface area contributed by atoms with Gasteiger partial charge in [0.05, 0.1) is 12.6 Å². The molecule has 4 heteroatoms. The van der Waals surface area contributed by atoms with Crippen LogP contribution in [0.5, 0.6) is 0 Å². The van der Waals surface area contributed by atoms with Crippen LogP contribution in [-0.2, 0) is 6.42 Å². The maximum atomic E-state index is 9.37. The Bertz CT molecular complexity index is 397. The SMILES string of the molecule is CN(c1ccc2c(c1)CCCS2)C(CO)CCO. The molecule has 100 valence electrons. The highest BCUT2D eigenvalue weighted by molar-refractivity contribution is 7.99. The normalized spacial score (nSPS) is 16.2. The molecular formula is C14H21NO2S. The van der Waals surface area contributed by atoms with E-state index < -0.39 is 0 Å². The number of aliphatic hydroxyl groups is 2. The molecule has 1 aliphatic heterocycles. The fraction of sp³-hybridized carbons (Fsp3) is 0.571. The summed E-state index contributed by atoms with van der Waals surface area (Å²) >= 11 is 1.93. The van der Waals surface area contributed by atoms with Gasteiger partial charge in [-0.2, -0.15) is 0 Å². The van der Waals surface area contributed by atoms with Gasteiger partial charge in [0.1, 0.15) is 0 Å². The van der Waals surface area contributed by atoms with Crippen LogP contribution in [0.3, 0.4) is 0 Å². The third-order valence-corrected chi connectivity index (χ3v) is 4.72. The minimum absolute atomic E-state index is 0.00991. The number of benzene rings is 1. The van der Waals surface area contributed by atoms with Crippen molar-refractivity contribution < 1.29 is 10.2 Å². The lowest BCUT2D eigenvalue weighted by molar-refractivity contribution is 0.218. The van der Waals surface area contributed by atoms with E-state index in [1.165, 1.54) is 22.6 Å². The topological polar surface area (TPSA) is 43.7 Å². The molecule has 18 heavy (non-hydrogen) atoms. The standard InChI is InChI=1S/C14H21NO2S/c1-15(13(10-17)6-7-16)12-4-5-14-11(9-12)3-2-8-18-14/h4-5,9,13,16-17H,2-3,6-8,10H2,1H3. The van der Waals surface area contributed by atoms with Crippen molar-refractivity contribution in [1.82, 2.24) is 0 Å². The predicted octanol–water partition coefficient (Wildman–Crippen LogP) is 1.90. The molecule has 0 aliphatic carbocycles. The highest BCUT2D eigenvalue weighted by Gasteiger charge is 2.16. The molecule has 2 rings (SSSR count). The van der Waals surface area contributed by atoms with Gasteiger partial charge in [0, 0.05) is 24.2 Å². The zero-order valence-electron chi connectivity index (χ0n) is 10.8. The van der Waals surface area contributed by atoms with E-state index in [0.29, 0.717) is 6.42 Å². The molecule has 1 aliphatic rings. The Labute approximate surface area is 113 Å². The zero-order valence-corrected chi connectivity index (χ0v) is 11.6. The summed E-state index contributed by atoms with van der Waals surface area (Å²) in [5.74, 6) is 1.21. The largest absolute Gasteiger partial charge is 0.396 e. The summed E-state index contributed by atoms with van der Waals surface area (Å²) in [5.41, 5.74) is 2.54. The summed E-state index contributed by atoms with van der Waals surface area (Å²) in [5, 5.41) is 18.4. The number of aliphatic hydroxyl groups excluding tert-OH is 2. The van der Waals surface area contributed by atoms with E-state index >= 15 is 0 Å². The monoisotopic (exact) mass is 267 g/mol. The molecule has 1 aromatic carbocycles. The van der Waals surface area contributed by atoms with Crippen molar-refractivity contribution in [2.75, 3.05) is 30.9 Å². The maximum Gasteiger partial charge on any atom is 0.0635 e. The number of likely N-dealkylation sites (N-methyl/N-ethyl adjacent to an activating group) is 1. The number of thioether (sulfide) groups is 1. The van der Waals surface area contributed by atoms with Crippen LogP contribution in [0.4, 0.5) is 5.69 Å². The summed E-state index contributed by atoms with van der Waals surface area (Å²) in [4.78, 5) is 3.46. The lowest BCUT2D eigenvalue weighted by Crippen LogP contribution is -2.35. The number of hydrogen-bond acceptors (Lipinski definition) is 4. The number of nitrogens with zero attached hydrogens (tertiary/aromatic N) is 1. The molecular weight excluding hydrogens is 246 g/mol. The van der Waals surface area contributed by atoms with Crippen molar-refractivity contribution in [2.24, 2.45) is 0 Å². The molecule has 0 bridgehead atoms. The number of hydrogen-bond donors (Lipinski definition) is 2. The van der Waals surface area contributed by atoms with Gasteiger partial charge in [-0.05, 0) is 48.8 Å². The molecule has 0 fully saturated rings. The van der Waals surface area contributed by atoms with Gasteiger partial charge in [0.15, 0.2) is 0 Å². The smallest absolute Gasteiger partial charge is 0.0635 e. The first-order valence-corrected chi connectivity index (χ1v) is 7.45. The molecule has 1 heterocycles. The van der Waals surface area contributed by atoms with Gasteiger partial charge in [-0.3, -0.25) is 0 Å². The number of anilines is 1. The summed E-state index contributed by atoms with van der Waals surface area (Å²) in [6.45, 7) is 0.180. The Morgan fingerprint density at radius 1 is 1.39 bits per heavy atom. The van der Waals surface area contributed by atoms with Crippen molar-refractivity contribution in [3.05, 3.63) is 23.8 Å². The van der Waals surface area contributed by atoms with Gasteiger partial charge >= 0.3 is 0 Å². The lowest BCUT2D eigenvalue weighted by Gasteiger charge is -2.29. The van der Waals surface area contributed by atoms with Crippen LogP contribution >= 0.6 is 11.8 Å². The highest BCUT2D eigenvalue weighted by atomic mass is 32.2. The third kappa shape index (κ3) is 2.99. The van der Waals surface area contributed by atoms with Gasteiger partial charge in [-0.15, -0.1) is 11.8 Å². The Kier molecular flexibility index (Phi) is 4.92. The predicted molar refractivity (Wildman–Crippen MR) is 76.5 cm³/mol. The molecule has 2 N–H and O–H groups in total. The van der Waals surface area contributed by atoms with Crippen molar-refractivity contribution in [3.8, 4) is 0 Å². The average Bonchev–Trinajstić information content (AvgIpc) is 2.43. The van der Waals surface area contributed by atoms with Gasteiger partial charge in [-0.1, -0.05) is 0 Å². The van der Waals surface area contributed by atoms with Crippen molar-refractivity contribution in [1.29, 1.82) is 0 Å². The molecule has 0 amide bonds. The summed E-state index contributed by atoms with van der Waals surface area (Å²) < 4.78 is 0. The van der Waals surface area contributed by atoms with Crippen LogP contribution in [-0.4, -0.2) is 42.3 Å². The molecule has 0 aromatic heterocycles. The summed E-state index contributed by atoms with van der Waals surface area (Å²) in [7, 11) is 1.98. The van der Waals surface area contributed by atoms with E-state index in [-0.39, 0.29) is 19.3 Å². The molecule has 0 saturated carbocycles. The van der Waals surface area contributed by atoms with Gasteiger partial charge < -0.3 is 15.1 Å². The maximum absolute atomic E-state index is 9.37. The van der Waals surface area contributed by atoms with E-state index in [9.17, 15) is 5.11 Å². The van der Waals surface area contributed by atoms with Gasteiger partial charge in [0.2, 0.25) is 0 Å². The second kappa shape index (κ2) is 6.45. The number of rotatable bonds is 5. The van der Waals surface area contributed by atoms with Crippen LogP contribution in [0.2, 0.25) is 0 Å². The Balaban J connectivity index is 2.17. The first-order chi connectivity index (χ1) is 8.76. The van der Waals surface area contributed by atoms with Crippen LogP contribution in [0, 0.1) is 0 Å². The molecule has 1 atom stereocenters. The second-order valence-corrected chi connectivity index (χ2v) is 5.84. The lowest BCUT2D eigenvalue weighted by atomic mass is 10.1. The molecule has 1 aromatic rings. The summed E-state index contributed by atoms with van der Waals surface area (Å²) in [6, 6.07) is 6.50. The van der Waals surface area contributed by atoms with Gasteiger partial charge in [0.25, 0.3) is 0 Å². The van der Waals surface area contributed by atoms with Crippen LogP contribution in [0.15, 0.2) is 23.1 Å². The minimum Gasteiger partial charge on any atom is -0.396 e. The van der Waals surface area contributed by atoms with Crippen molar-refractivity contribution >= 4 is 17.4 Å². The van der Waals surface area contributed by atoms with Crippen molar-refractivity contribution in [2.45, 2.75) is 30.2 Å². The van der Waals surface area contributed by atoms with E-state index in [2.05, 4.69) is 23.1 Å². The highest BCUT2D eigenvalue weighted by Crippen LogP contribution is 2.33. The van der Waals surface area contributed by atoms with Crippen LogP contribution < -0.4 is 4.90 Å². The molecule has 1 unspecified atom stereocenters. The van der Waals surface area contributed by atoms with Crippen LogP contribution in [0.25, 0.3) is 0 Å². The molecule has 3 nitrogen and oxygen atoms in total. The van der Waals surface area contributed by atoms with Crippen molar-refractivity contribution in [3.63, 3.8) is 0 Å². The van der Waals surface area contributed by atoms with E-state index in [1.807, 2.05) is 18.8 Å². The van der Waals surface area contributed by atoms with Crippen LogP contribution in [0.1, 0.15) is 18.4 Å². The van der Waals surface area contributed by atoms with E-state index in [1.54, 1.807) is 0 Å². The van der Waals surface area contributed by atoms with E-state index in [4.69, 9.17) is 5.11 Å². The second-order valence-electron chi connectivity index (χ2n) is 4.70. The fourth-order valence-electron chi connectivity index (χ4n) is 2.33. The quantitative estimate of drug-likeness (QED) is 0.855. The first kappa shape index (κ1) is 13.7. The Morgan fingerprint density at radius 2 is 2.22 bits per heavy atom. The Hall–Kier alpha value is -0.710. The average molecular weight is 267 g/mol. The molecule has 0 spiro atoms. The number of fused-ring (bicyclic) bond motifs is 1. The molecule has 0 radical (unpaired) electrons. The number of aryl methyl sites for hydroxylation is 1. The first-order valence-electron chi connectivity index (χ1n) is 6.46. The molecule has 0 saturated heterocycles. The van der Waals surface area contributed by atoms with Gasteiger partial charge in [-0.25, -0.2) is 0 Å². The Morgan fingerprint density at radius 3 is 2.94 bits per heavy atom. The van der Waals surface area contributed by atoms with E-state index in [0.717, 1.165) is 12.1 Å².